The Balaban J connectivity index is 1.86. The lowest BCUT2D eigenvalue weighted by Gasteiger charge is -2.34. The van der Waals surface area contributed by atoms with Crippen molar-refractivity contribution in [2.24, 2.45) is 4.99 Å². The number of nitrogens with one attached hydrogen (secondary N) is 2. The molecule has 1 aliphatic heterocycles. The Morgan fingerprint density at radius 1 is 1.14 bits per heavy atom. The molecule has 128 valence electrons. The molecule has 2 aliphatic rings. The van der Waals surface area contributed by atoms with E-state index >= 15 is 0 Å². The van der Waals surface area contributed by atoms with Crippen LogP contribution in [0.5, 0.6) is 0 Å². The van der Waals surface area contributed by atoms with Crippen molar-refractivity contribution in [3.8, 4) is 0 Å². The van der Waals surface area contributed by atoms with E-state index in [2.05, 4.69) is 29.4 Å². The van der Waals surface area contributed by atoms with Crippen LogP contribution in [0, 0.1) is 0 Å². The fraction of sp³-hybridized carbons (Fsp3) is 0.941. The van der Waals surface area contributed by atoms with E-state index in [1.165, 1.54) is 25.8 Å². The molecule has 1 aliphatic carbocycles. The second-order valence-electron chi connectivity index (χ2n) is 6.65. The highest BCUT2D eigenvalue weighted by atomic mass is 16.3. The summed E-state index contributed by atoms with van der Waals surface area (Å²) >= 11 is 0. The topological polar surface area (TPSA) is 59.9 Å². The maximum absolute atomic E-state index is 9.62. The van der Waals surface area contributed by atoms with E-state index in [0.29, 0.717) is 12.1 Å². The van der Waals surface area contributed by atoms with Crippen molar-refractivity contribution >= 4 is 5.96 Å². The number of nitrogens with zero attached hydrogens (tertiary/aromatic N) is 2. The van der Waals surface area contributed by atoms with Gasteiger partial charge in [0.25, 0.3) is 0 Å². The summed E-state index contributed by atoms with van der Waals surface area (Å²) in [4.78, 5) is 7.40. The van der Waals surface area contributed by atoms with Crippen molar-refractivity contribution in [1.29, 1.82) is 0 Å². The third kappa shape index (κ3) is 5.43. The average molecular weight is 310 g/mol. The largest absolute Gasteiger partial charge is 0.393 e. The van der Waals surface area contributed by atoms with E-state index in [0.717, 1.165) is 51.3 Å². The lowest BCUT2D eigenvalue weighted by atomic mass is 9.93. The Labute approximate surface area is 135 Å². The number of rotatable bonds is 5. The lowest BCUT2D eigenvalue weighted by molar-refractivity contribution is 0.120. The minimum atomic E-state index is -0.0991. The van der Waals surface area contributed by atoms with E-state index in [1.54, 1.807) is 0 Å². The molecule has 0 amide bonds. The average Bonchev–Trinajstić information content (AvgIpc) is 2.55. The Hall–Kier alpha value is -0.810. The van der Waals surface area contributed by atoms with Gasteiger partial charge >= 0.3 is 0 Å². The smallest absolute Gasteiger partial charge is 0.191 e. The van der Waals surface area contributed by atoms with Crippen LogP contribution in [0.3, 0.4) is 0 Å². The molecule has 0 bridgehead atoms. The predicted octanol–water partition coefficient (Wildman–Crippen LogP) is 1.72. The molecule has 1 saturated carbocycles. The molecule has 2 rings (SSSR count). The van der Waals surface area contributed by atoms with Crippen molar-refractivity contribution in [3.63, 3.8) is 0 Å². The Kier molecular flexibility index (Phi) is 7.46. The number of aliphatic imine (C=N–C) groups is 1. The van der Waals surface area contributed by atoms with Gasteiger partial charge in [-0.2, -0.15) is 0 Å². The number of guanidine groups is 1. The molecule has 3 N–H and O–H groups in total. The molecular formula is C17H34N4O. The fourth-order valence-electron chi connectivity index (χ4n) is 3.61. The number of hydrogen-bond donors (Lipinski definition) is 3. The molecule has 0 aromatic rings. The number of likely N-dealkylation sites (tertiary alicyclic amines) is 1. The summed E-state index contributed by atoms with van der Waals surface area (Å²) < 4.78 is 0. The second kappa shape index (κ2) is 9.36. The van der Waals surface area contributed by atoms with Gasteiger partial charge in [-0.25, -0.2) is 0 Å². The SMILES string of the molecule is CCNC(=NCC1CCCCN1CC)NC1CCC(O)CC1. The molecule has 0 spiro atoms. The third-order valence-electron chi connectivity index (χ3n) is 5.00. The van der Waals surface area contributed by atoms with Crippen molar-refractivity contribution in [2.75, 3.05) is 26.2 Å². The fourth-order valence-corrected chi connectivity index (χ4v) is 3.61. The van der Waals surface area contributed by atoms with Crippen LogP contribution in [-0.2, 0) is 0 Å². The Morgan fingerprint density at radius 2 is 1.91 bits per heavy atom. The van der Waals surface area contributed by atoms with E-state index in [-0.39, 0.29) is 6.10 Å². The molecule has 1 saturated heterocycles. The van der Waals surface area contributed by atoms with Gasteiger partial charge in [0.1, 0.15) is 0 Å². The summed E-state index contributed by atoms with van der Waals surface area (Å²) in [7, 11) is 0. The third-order valence-corrected chi connectivity index (χ3v) is 5.00. The summed E-state index contributed by atoms with van der Waals surface area (Å²) in [5.41, 5.74) is 0. The van der Waals surface area contributed by atoms with E-state index in [4.69, 9.17) is 4.99 Å². The summed E-state index contributed by atoms with van der Waals surface area (Å²) in [6.07, 6.45) is 7.72. The summed E-state index contributed by atoms with van der Waals surface area (Å²) in [6, 6.07) is 1.05. The molecular weight excluding hydrogens is 276 g/mol. The van der Waals surface area contributed by atoms with E-state index < -0.39 is 0 Å². The monoisotopic (exact) mass is 310 g/mol. The van der Waals surface area contributed by atoms with Gasteiger partial charge in [-0.05, 0) is 58.5 Å². The van der Waals surface area contributed by atoms with Crippen molar-refractivity contribution in [3.05, 3.63) is 0 Å². The van der Waals surface area contributed by atoms with Gasteiger partial charge < -0.3 is 15.7 Å². The van der Waals surface area contributed by atoms with Gasteiger partial charge in [-0.3, -0.25) is 9.89 Å². The Bertz CT molecular complexity index is 340. The van der Waals surface area contributed by atoms with E-state index in [9.17, 15) is 5.11 Å². The lowest BCUT2D eigenvalue weighted by Crippen LogP contribution is -2.46. The molecule has 0 radical (unpaired) electrons. The zero-order chi connectivity index (χ0) is 15.8. The minimum absolute atomic E-state index is 0.0991. The highest BCUT2D eigenvalue weighted by molar-refractivity contribution is 5.80. The minimum Gasteiger partial charge on any atom is -0.393 e. The van der Waals surface area contributed by atoms with Crippen molar-refractivity contribution in [2.45, 2.75) is 77.0 Å². The molecule has 2 fully saturated rings. The molecule has 1 atom stereocenters. The van der Waals surface area contributed by atoms with Gasteiger partial charge in [0, 0.05) is 18.6 Å². The maximum atomic E-state index is 9.62. The van der Waals surface area contributed by atoms with Gasteiger partial charge in [0.05, 0.1) is 12.6 Å². The van der Waals surface area contributed by atoms with Crippen LogP contribution in [0.2, 0.25) is 0 Å². The van der Waals surface area contributed by atoms with Crippen LogP contribution in [0.25, 0.3) is 0 Å². The first-order valence-corrected chi connectivity index (χ1v) is 9.19. The quantitative estimate of drug-likeness (QED) is 0.534. The summed E-state index contributed by atoms with van der Waals surface area (Å²) in [6.45, 7) is 8.49. The molecule has 5 nitrogen and oxygen atoms in total. The van der Waals surface area contributed by atoms with Crippen LogP contribution < -0.4 is 10.6 Å². The van der Waals surface area contributed by atoms with Crippen molar-refractivity contribution < 1.29 is 5.11 Å². The highest BCUT2D eigenvalue weighted by Gasteiger charge is 2.22. The zero-order valence-electron chi connectivity index (χ0n) is 14.4. The predicted molar refractivity (Wildman–Crippen MR) is 92.3 cm³/mol. The van der Waals surface area contributed by atoms with Crippen molar-refractivity contribution in [1.82, 2.24) is 15.5 Å². The molecule has 1 unspecified atom stereocenters. The number of aliphatic hydroxyl groups excluding tert-OH is 1. The van der Waals surface area contributed by atoms with Crippen LogP contribution in [0.15, 0.2) is 4.99 Å². The zero-order valence-corrected chi connectivity index (χ0v) is 14.4. The standard InChI is InChI=1S/C17H34N4O/c1-3-18-17(20-14-8-10-16(22)11-9-14)19-13-15-7-5-6-12-21(15)4-2/h14-16,22H,3-13H2,1-2H3,(H2,18,19,20). The maximum Gasteiger partial charge on any atom is 0.191 e. The Morgan fingerprint density at radius 3 is 2.59 bits per heavy atom. The molecule has 22 heavy (non-hydrogen) atoms. The van der Waals surface area contributed by atoms with Crippen LogP contribution >= 0.6 is 0 Å². The van der Waals surface area contributed by atoms with Gasteiger partial charge in [0.2, 0.25) is 0 Å². The number of aliphatic hydroxyl groups is 1. The molecule has 5 heteroatoms. The van der Waals surface area contributed by atoms with Gasteiger partial charge in [-0.15, -0.1) is 0 Å². The van der Waals surface area contributed by atoms with Gasteiger partial charge in [-0.1, -0.05) is 13.3 Å². The highest BCUT2D eigenvalue weighted by Crippen LogP contribution is 2.19. The molecule has 0 aromatic heterocycles. The van der Waals surface area contributed by atoms with E-state index in [1.807, 2.05) is 0 Å². The van der Waals surface area contributed by atoms with Crippen LogP contribution in [0.4, 0.5) is 0 Å². The normalized spacial score (nSPS) is 31.0. The van der Waals surface area contributed by atoms with Crippen LogP contribution in [-0.4, -0.2) is 60.3 Å². The van der Waals surface area contributed by atoms with Crippen LogP contribution in [0.1, 0.15) is 58.8 Å². The molecule has 1 heterocycles. The second-order valence-corrected chi connectivity index (χ2v) is 6.65. The first-order chi connectivity index (χ1) is 10.7. The number of likely N-dealkylation sites (N-methyl/N-ethyl adjacent to an activating group) is 1. The number of piperidine rings is 1. The molecule has 0 aromatic carbocycles. The first kappa shape index (κ1) is 17.5. The summed E-state index contributed by atoms with van der Waals surface area (Å²) in [5.74, 6) is 0.950. The first-order valence-electron chi connectivity index (χ1n) is 9.19. The van der Waals surface area contributed by atoms with Gasteiger partial charge in [0.15, 0.2) is 5.96 Å². The number of hydrogen-bond acceptors (Lipinski definition) is 3. The summed E-state index contributed by atoms with van der Waals surface area (Å²) in [5, 5.41) is 16.5.